The van der Waals surface area contributed by atoms with Gasteiger partial charge in [-0.3, -0.25) is 4.79 Å². The fraction of sp³-hybridized carbons (Fsp3) is 0.167. The Morgan fingerprint density at radius 1 is 1.17 bits per heavy atom. The Balaban J connectivity index is 1.48. The highest BCUT2D eigenvalue weighted by molar-refractivity contribution is 5.83. The van der Waals surface area contributed by atoms with E-state index in [9.17, 15) is 9.18 Å². The number of hydrogen-bond acceptors (Lipinski definition) is 2. The van der Waals surface area contributed by atoms with Crippen molar-refractivity contribution in [1.82, 2.24) is 10.3 Å². The van der Waals surface area contributed by atoms with E-state index in [0.717, 1.165) is 16.5 Å². The van der Waals surface area contributed by atoms with E-state index < -0.39 is 0 Å². The van der Waals surface area contributed by atoms with Crippen LogP contribution in [0.5, 0.6) is 5.75 Å². The van der Waals surface area contributed by atoms with Crippen molar-refractivity contribution in [1.29, 1.82) is 0 Å². The molecule has 0 spiro atoms. The van der Waals surface area contributed by atoms with Crippen LogP contribution in [0.1, 0.15) is 5.56 Å². The summed E-state index contributed by atoms with van der Waals surface area (Å²) in [6, 6.07) is 13.8. The minimum Gasteiger partial charge on any atom is -0.484 e. The molecule has 5 heteroatoms. The van der Waals surface area contributed by atoms with Crippen molar-refractivity contribution in [3.63, 3.8) is 0 Å². The summed E-state index contributed by atoms with van der Waals surface area (Å²) < 4.78 is 18.7. The number of aromatic nitrogens is 1. The van der Waals surface area contributed by atoms with Gasteiger partial charge in [0.1, 0.15) is 11.6 Å². The molecule has 4 nitrogen and oxygen atoms in total. The van der Waals surface area contributed by atoms with E-state index in [-0.39, 0.29) is 18.3 Å². The lowest BCUT2D eigenvalue weighted by atomic mass is 10.1. The molecule has 1 amide bonds. The first-order valence-corrected chi connectivity index (χ1v) is 7.42. The molecule has 0 fully saturated rings. The van der Waals surface area contributed by atoms with Gasteiger partial charge in [-0.2, -0.15) is 0 Å². The van der Waals surface area contributed by atoms with Gasteiger partial charge in [-0.1, -0.05) is 18.2 Å². The molecule has 0 aliphatic rings. The molecule has 2 N–H and O–H groups in total. The molecule has 0 aliphatic carbocycles. The molecular formula is C18H17FN2O2. The van der Waals surface area contributed by atoms with Crippen LogP contribution >= 0.6 is 0 Å². The molecule has 0 atom stereocenters. The molecule has 0 unspecified atom stereocenters. The van der Waals surface area contributed by atoms with Crippen LogP contribution in [0.3, 0.4) is 0 Å². The second-order valence-electron chi connectivity index (χ2n) is 5.21. The number of fused-ring (bicyclic) bond motifs is 1. The quantitative estimate of drug-likeness (QED) is 0.735. The third kappa shape index (κ3) is 3.88. The third-order valence-electron chi connectivity index (χ3n) is 3.56. The lowest BCUT2D eigenvalue weighted by Gasteiger charge is -2.07. The average Bonchev–Trinajstić information content (AvgIpc) is 2.96. The maximum absolute atomic E-state index is 13.3. The summed E-state index contributed by atoms with van der Waals surface area (Å²) in [5.41, 5.74) is 1.86. The van der Waals surface area contributed by atoms with E-state index in [4.69, 9.17) is 4.74 Å². The number of para-hydroxylation sites is 1. The summed E-state index contributed by atoms with van der Waals surface area (Å²) in [4.78, 5) is 14.9. The van der Waals surface area contributed by atoms with E-state index in [2.05, 4.69) is 10.3 Å². The molecular weight excluding hydrogens is 295 g/mol. The monoisotopic (exact) mass is 312 g/mol. The van der Waals surface area contributed by atoms with Crippen LogP contribution in [0.15, 0.2) is 54.7 Å². The Morgan fingerprint density at radius 2 is 2.00 bits per heavy atom. The van der Waals surface area contributed by atoms with Gasteiger partial charge in [-0.05, 0) is 42.3 Å². The summed E-state index contributed by atoms with van der Waals surface area (Å²) in [6.45, 7) is 0.451. The van der Waals surface area contributed by atoms with Crippen molar-refractivity contribution in [3.05, 3.63) is 66.1 Å². The van der Waals surface area contributed by atoms with Gasteiger partial charge in [-0.25, -0.2) is 4.39 Å². The van der Waals surface area contributed by atoms with Crippen LogP contribution in [0.25, 0.3) is 10.9 Å². The Kier molecular flexibility index (Phi) is 4.57. The van der Waals surface area contributed by atoms with Crippen LogP contribution in [0.4, 0.5) is 4.39 Å². The summed E-state index contributed by atoms with van der Waals surface area (Å²) in [7, 11) is 0. The number of H-pyrrole nitrogens is 1. The lowest BCUT2D eigenvalue weighted by Crippen LogP contribution is -2.30. The molecule has 1 aromatic heterocycles. The van der Waals surface area contributed by atoms with Crippen LogP contribution in [-0.2, 0) is 11.2 Å². The number of rotatable bonds is 6. The topological polar surface area (TPSA) is 54.1 Å². The number of hydrogen-bond donors (Lipinski definition) is 2. The van der Waals surface area contributed by atoms with E-state index in [1.807, 2.05) is 24.4 Å². The van der Waals surface area contributed by atoms with Gasteiger partial charge in [0.15, 0.2) is 6.61 Å². The average molecular weight is 312 g/mol. The number of halogens is 1. The van der Waals surface area contributed by atoms with Crippen molar-refractivity contribution in [2.24, 2.45) is 0 Å². The summed E-state index contributed by atoms with van der Waals surface area (Å²) in [5.74, 6) is 0.216. The van der Waals surface area contributed by atoms with Gasteiger partial charge < -0.3 is 15.0 Å². The largest absolute Gasteiger partial charge is 0.484 e. The number of ether oxygens (including phenoxy) is 1. The molecule has 2 aromatic carbocycles. The maximum atomic E-state index is 13.3. The highest BCUT2D eigenvalue weighted by Gasteiger charge is 2.06. The van der Waals surface area contributed by atoms with Crippen LogP contribution in [0, 0.1) is 5.82 Å². The maximum Gasteiger partial charge on any atom is 0.257 e. The number of carbonyl (C=O) groups is 1. The van der Waals surface area contributed by atoms with Crippen LogP contribution in [0.2, 0.25) is 0 Å². The van der Waals surface area contributed by atoms with Crippen molar-refractivity contribution >= 4 is 16.8 Å². The summed E-state index contributed by atoms with van der Waals surface area (Å²) in [5, 5.41) is 3.65. The van der Waals surface area contributed by atoms with E-state index in [0.29, 0.717) is 18.7 Å². The number of nitrogens with one attached hydrogen (secondary N) is 2. The molecule has 3 rings (SSSR count). The van der Waals surface area contributed by atoms with E-state index in [1.165, 1.54) is 12.1 Å². The lowest BCUT2D eigenvalue weighted by molar-refractivity contribution is -0.123. The minimum absolute atomic E-state index is 0.0213. The smallest absolute Gasteiger partial charge is 0.257 e. The number of carbonyl (C=O) groups excluding carboxylic acids is 1. The highest BCUT2D eigenvalue weighted by Crippen LogP contribution is 2.19. The molecule has 3 aromatic rings. The van der Waals surface area contributed by atoms with Crippen LogP contribution < -0.4 is 10.1 Å². The normalized spacial score (nSPS) is 10.7. The Morgan fingerprint density at radius 3 is 2.83 bits per heavy atom. The summed E-state index contributed by atoms with van der Waals surface area (Å²) in [6.07, 6.45) is 2.47. The molecule has 0 saturated carbocycles. The van der Waals surface area contributed by atoms with Gasteiger partial charge in [0.05, 0.1) is 0 Å². The predicted octanol–water partition coefficient (Wildman–Crippen LogP) is 3.04. The zero-order chi connectivity index (χ0) is 16.1. The van der Waals surface area contributed by atoms with Gasteiger partial charge in [0.25, 0.3) is 5.91 Å². The fourth-order valence-corrected chi connectivity index (χ4v) is 2.41. The van der Waals surface area contributed by atoms with Gasteiger partial charge >= 0.3 is 0 Å². The molecule has 23 heavy (non-hydrogen) atoms. The summed E-state index contributed by atoms with van der Waals surface area (Å²) >= 11 is 0. The first kappa shape index (κ1) is 15.1. The Hall–Kier alpha value is -2.82. The number of benzene rings is 2. The fourth-order valence-electron chi connectivity index (χ4n) is 2.41. The number of amides is 1. The molecule has 0 aliphatic heterocycles. The Labute approximate surface area is 133 Å². The predicted molar refractivity (Wildman–Crippen MR) is 86.9 cm³/mol. The molecule has 1 heterocycles. The minimum atomic E-state index is -0.265. The van der Waals surface area contributed by atoms with Crippen LogP contribution in [-0.4, -0.2) is 24.0 Å². The zero-order valence-corrected chi connectivity index (χ0v) is 12.5. The Bertz CT molecular complexity index is 799. The second-order valence-corrected chi connectivity index (χ2v) is 5.21. The third-order valence-corrected chi connectivity index (χ3v) is 3.56. The SMILES string of the molecule is O=C(COc1ccccc1)NCCc1c[nH]c2ccc(F)cc12. The van der Waals surface area contributed by atoms with Crippen molar-refractivity contribution in [3.8, 4) is 5.75 Å². The van der Waals surface area contributed by atoms with Gasteiger partial charge in [0.2, 0.25) is 0 Å². The van der Waals surface area contributed by atoms with Gasteiger partial charge in [-0.15, -0.1) is 0 Å². The molecule has 0 bridgehead atoms. The van der Waals surface area contributed by atoms with Crippen molar-refractivity contribution in [2.45, 2.75) is 6.42 Å². The molecule has 118 valence electrons. The van der Waals surface area contributed by atoms with E-state index in [1.54, 1.807) is 18.2 Å². The van der Waals surface area contributed by atoms with Crippen molar-refractivity contribution in [2.75, 3.05) is 13.2 Å². The molecule has 0 saturated heterocycles. The first-order valence-electron chi connectivity index (χ1n) is 7.42. The van der Waals surface area contributed by atoms with Crippen molar-refractivity contribution < 1.29 is 13.9 Å². The standard InChI is InChI=1S/C18H17FN2O2/c19-14-6-7-17-16(10-14)13(11-21-17)8-9-20-18(22)12-23-15-4-2-1-3-5-15/h1-7,10-11,21H,8-9,12H2,(H,20,22). The highest BCUT2D eigenvalue weighted by atomic mass is 19.1. The second kappa shape index (κ2) is 6.96. The molecule has 0 radical (unpaired) electrons. The zero-order valence-electron chi connectivity index (χ0n) is 12.5. The number of aromatic amines is 1. The van der Waals surface area contributed by atoms with E-state index >= 15 is 0 Å². The van der Waals surface area contributed by atoms with Gasteiger partial charge in [0, 0.05) is 23.6 Å². The first-order chi connectivity index (χ1) is 11.2.